The minimum absolute atomic E-state index is 0.236. The van der Waals surface area contributed by atoms with E-state index in [0.717, 1.165) is 19.6 Å². The Bertz CT molecular complexity index is 469. The summed E-state index contributed by atoms with van der Waals surface area (Å²) >= 11 is 10.0. The van der Waals surface area contributed by atoms with Crippen LogP contribution in [0, 0.1) is 0 Å². The van der Waals surface area contributed by atoms with E-state index in [2.05, 4.69) is 25.2 Å². The number of morpholine rings is 1. The number of halogens is 1. The van der Waals surface area contributed by atoms with Crippen molar-refractivity contribution in [2.45, 2.75) is 5.25 Å². The Labute approximate surface area is 137 Å². The Kier molecular flexibility index (Phi) is 5.68. The normalized spacial score (nSPS) is 23.1. The summed E-state index contributed by atoms with van der Waals surface area (Å²) in [7, 11) is 0. The van der Waals surface area contributed by atoms with Crippen molar-refractivity contribution in [2.75, 3.05) is 60.3 Å². The Morgan fingerprint density at radius 1 is 1.24 bits per heavy atom. The Hall–Kier alpha value is -0.440. The Morgan fingerprint density at radius 2 is 2.10 bits per heavy atom. The smallest absolute Gasteiger partial charge is 0.231 e. The predicted octanol–water partition coefficient (Wildman–Crippen LogP) is 1.62. The van der Waals surface area contributed by atoms with Gasteiger partial charge in [-0.05, 0) is 11.6 Å². The van der Waals surface area contributed by atoms with Crippen molar-refractivity contribution in [1.82, 2.24) is 15.0 Å². The van der Waals surface area contributed by atoms with Crippen LogP contribution in [0.2, 0.25) is 5.28 Å². The van der Waals surface area contributed by atoms with Crippen LogP contribution in [0.1, 0.15) is 0 Å². The fourth-order valence-electron chi connectivity index (χ4n) is 2.18. The van der Waals surface area contributed by atoms with Crippen molar-refractivity contribution in [3.05, 3.63) is 5.28 Å². The molecule has 21 heavy (non-hydrogen) atoms. The maximum atomic E-state index is 6.02. The fraction of sp³-hybridized carbons (Fsp3) is 0.750. The third-order valence-electron chi connectivity index (χ3n) is 3.26. The van der Waals surface area contributed by atoms with Crippen molar-refractivity contribution in [1.29, 1.82) is 0 Å². The Balaban J connectivity index is 1.62. The number of thioether (sulfide) groups is 2. The monoisotopic (exact) mass is 347 g/mol. The minimum atomic E-state index is 0.236. The van der Waals surface area contributed by atoms with E-state index < -0.39 is 0 Å². The molecule has 0 radical (unpaired) electrons. The predicted molar refractivity (Wildman–Crippen MR) is 89.9 cm³/mol. The highest BCUT2D eigenvalue weighted by molar-refractivity contribution is 8.06. The summed E-state index contributed by atoms with van der Waals surface area (Å²) < 4.78 is 5.34. The van der Waals surface area contributed by atoms with E-state index in [4.69, 9.17) is 16.3 Å². The van der Waals surface area contributed by atoms with Crippen molar-refractivity contribution in [3.63, 3.8) is 0 Å². The summed E-state index contributed by atoms with van der Waals surface area (Å²) in [5, 5.41) is 4.13. The molecule has 2 aliphatic heterocycles. The van der Waals surface area contributed by atoms with E-state index >= 15 is 0 Å². The van der Waals surface area contributed by atoms with Gasteiger partial charge in [0, 0.05) is 42.1 Å². The molecule has 0 saturated carbocycles. The van der Waals surface area contributed by atoms with Gasteiger partial charge in [0.25, 0.3) is 0 Å². The molecule has 2 saturated heterocycles. The highest BCUT2D eigenvalue weighted by Crippen LogP contribution is 2.24. The average Bonchev–Trinajstić information content (AvgIpc) is 2.54. The number of aromatic nitrogens is 3. The van der Waals surface area contributed by atoms with Gasteiger partial charge in [-0.2, -0.15) is 38.5 Å². The fourth-order valence-corrected chi connectivity index (χ4v) is 4.95. The van der Waals surface area contributed by atoms with Gasteiger partial charge in [-0.1, -0.05) is 0 Å². The van der Waals surface area contributed by atoms with Crippen LogP contribution >= 0.6 is 35.1 Å². The second-order valence-corrected chi connectivity index (χ2v) is 7.67. The molecule has 1 aromatic rings. The molecule has 6 nitrogen and oxygen atoms in total. The zero-order valence-corrected chi connectivity index (χ0v) is 14.0. The molecular formula is C12H18ClN5OS2. The van der Waals surface area contributed by atoms with E-state index in [9.17, 15) is 0 Å². The van der Waals surface area contributed by atoms with Crippen molar-refractivity contribution in [3.8, 4) is 0 Å². The highest BCUT2D eigenvalue weighted by Gasteiger charge is 2.18. The molecule has 3 heterocycles. The van der Waals surface area contributed by atoms with Gasteiger partial charge in [-0.15, -0.1) is 0 Å². The molecule has 0 bridgehead atoms. The molecule has 3 rings (SSSR count). The van der Waals surface area contributed by atoms with Gasteiger partial charge in [-0.3, -0.25) is 0 Å². The van der Waals surface area contributed by atoms with Crippen LogP contribution in [-0.4, -0.2) is 70.3 Å². The molecule has 1 unspecified atom stereocenters. The molecule has 2 aliphatic rings. The van der Waals surface area contributed by atoms with Gasteiger partial charge in [0.1, 0.15) is 0 Å². The molecule has 9 heteroatoms. The molecule has 1 aromatic heterocycles. The highest BCUT2D eigenvalue weighted by atomic mass is 35.5. The number of hydrogen-bond donors (Lipinski definition) is 1. The summed E-state index contributed by atoms with van der Waals surface area (Å²) in [5.41, 5.74) is 0. The third-order valence-corrected chi connectivity index (χ3v) is 6.28. The van der Waals surface area contributed by atoms with E-state index in [-0.39, 0.29) is 5.28 Å². The van der Waals surface area contributed by atoms with Crippen LogP contribution in [0.25, 0.3) is 0 Å². The maximum Gasteiger partial charge on any atom is 0.231 e. The topological polar surface area (TPSA) is 63.2 Å². The summed E-state index contributed by atoms with van der Waals surface area (Å²) in [4.78, 5) is 14.9. The lowest BCUT2D eigenvalue weighted by Gasteiger charge is -2.27. The van der Waals surface area contributed by atoms with E-state index in [1.807, 2.05) is 23.5 Å². The van der Waals surface area contributed by atoms with E-state index in [1.165, 1.54) is 17.3 Å². The molecule has 2 fully saturated rings. The molecule has 0 aliphatic carbocycles. The van der Waals surface area contributed by atoms with Crippen molar-refractivity contribution in [2.24, 2.45) is 0 Å². The SMILES string of the molecule is Clc1nc(NCC2CSCCS2)nc(N2CCOCC2)n1. The first-order chi connectivity index (χ1) is 10.3. The first kappa shape index (κ1) is 15.5. The number of ether oxygens (including phenoxy) is 1. The summed E-state index contributed by atoms with van der Waals surface area (Å²) in [5.74, 6) is 4.83. The summed E-state index contributed by atoms with van der Waals surface area (Å²) in [6.07, 6.45) is 0. The van der Waals surface area contributed by atoms with Gasteiger partial charge in [0.05, 0.1) is 13.2 Å². The maximum absolute atomic E-state index is 6.02. The lowest BCUT2D eigenvalue weighted by molar-refractivity contribution is 0.122. The first-order valence-electron chi connectivity index (χ1n) is 6.99. The number of hydrogen-bond acceptors (Lipinski definition) is 8. The first-order valence-corrected chi connectivity index (χ1v) is 9.57. The van der Waals surface area contributed by atoms with Gasteiger partial charge in [-0.25, -0.2) is 0 Å². The number of rotatable bonds is 4. The summed E-state index contributed by atoms with van der Waals surface area (Å²) in [6.45, 7) is 3.83. The lowest BCUT2D eigenvalue weighted by Crippen LogP contribution is -2.37. The average molecular weight is 348 g/mol. The second-order valence-electron chi connectivity index (χ2n) is 4.78. The van der Waals surface area contributed by atoms with Crippen LogP contribution in [0.4, 0.5) is 11.9 Å². The van der Waals surface area contributed by atoms with Crippen LogP contribution in [0.5, 0.6) is 0 Å². The minimum Gasteiger partial charge on any atom is -0.378 e. The number of nitrogens with one attached hydrogen (secondary N) is 1. The molecule has 0 aromatic carbocycles. The van der Waals surface area contributed by atoms with Crippen molar-refractivity contribution >= 4 is 47.0 Å². The number of nitrogens with zero attached hydrogens (tertiary/aromatic N) is 4. The summed E-state index contributed by atoms with van der Waals surface area (Å²) in [6, 6.07) is 0. The third kappa shape index (κ3) is 4.51. The van der Waals surface area contributed by atoms with Crippen LogP contribution in [0.3, 0.4) is 0 Å². The zero-order chi connectivity index (χ0) is 14.5. The van der Waals surface area contributed by atoms with E-state index in [0.29, 0.717) is 30.4 Å². The van der Waals surface area contributed by atoms with Crippen LogP contribution < -0.4 is 10.2 Å². The van der Waals surface area contributed by atoms with Gasteiger partial charge in [0.15, 0.2) is 0 Å². The van der Waals surface area contributed by atoms with Gasteiger partial charge in [0.2, 0.25) is 17.2 Å². The quantitative estimate of drug-likeness (QED) is 0.881. The molecule has 1 N–H and O–H groups in total. The van der Waals surface area contributed by atoms with Gasteiger partial charge < -0.3 is 15.0 Å². The molecule has 0 amide bonds. The van der Waals surface area contributed by atoms with Crippen LogP contribution in [0.15, 0.2) is 0 Å². The standard InChI is InChI=1S/C12H18ClN5OS2/c13-10-15-11(14-7-9-8-20-5-6-21-9)17-12(16-10)18-1-3-19-4-2-18/h9H,1-8H2,(H,14,15,16,17). The zero-order valence-electron chi connectivity index (χ0n) is 11.6. The molecular weight excluding hydrogens is 330 g/mol. The molecule has 1 atom stereocenters. The van der Waals surface area contributed by atoms with E-state index in [1.54, 1.807) is 0 Å². The molecule has 116 valence electrons. The largest absolute Gasteiger partial charge is 0.378 e. The number of anilines is 2. The van der Waals surface area contributed by atoms with Crippen LogP contribution in [-0.2, 0) is 4.74 Å². The Morgan fingerprint density at radius 3 is 2.86 bits per heavy atom. The second kappa shape index (κ2) is 7.71. The van der Waals surface area contributed by atoms with Crippen molar-refractivity contribution < 1.29 is 4.74 Å². The van der Waals surface area contributed by atoms with Gasteiger partial charge >= 0.3 is 0 Å². The molecule has 0 spiro atoms. The lowest BCUT2D eigenvalue weighted by atomic mass is 10.4.